The van der Waals surface area contributed by atoms with E-state index in [-0.39, 0.29) is 9.79 Å². The molecule has 0 atom stereocenters. The number of rotatable bonds is 2. The molecule has 0 aliphatic carbocycles. The largest absolute Gasteiger partial charge is 0.741 e. The summed E-state index contributed by atoms with van der Waals surface area (Å²) in [5.74, 6) is 0. The van der Waals surface area contributed by atoms with E-state index in [9.17, 15) is 61.1 Å². The lowest BCUT2D eigenvalue weighted by molar-refractivity contribution is -0.138. The number of sulfone groups is 1. The molecule has 2 aliphatic heterocycles. The average molecular weight is 1050 g/mol. The molecule has 8 nitrogen and oxygen atoms in total. The molecule has 26 heteroatoms. The number of hydrogen-bond donors (Lipinski definition) is 0. The van der Waals surface area contributed by atoms with Gasteiger partial charge in [0.25, 0.3) is 0 Å². The molecule has 66 heavy (non-hydrogen) atoms. The van der Waals surface area contributed by atoms with E-state index in [1.54, 1.807) is 60.3 Å². The third-order valence-corrected chi connectivity index (χ3v) is 17.7. The van der Waals surface area contributed by atoms with E-state index in [1.165, 1.54) is 30.3 Å². The summed E-state index contributed by atoms with van der Waals surface area (Å²) in [5, 5.41) is 0. The number of benzene rings is 6. The van der Waals surface area contributed by atoms with Crippen LogP contribution in [0.3, 0.4) is 0 Å². The van der Waals surface area contributed by atoms with Crippen molar-refractivity contribution in [3.05, 3.63) is 157 Å². The minimum Gasteiger partial charge on any atom is -0.741 e. The molecule has 0 fully saturated rings. The summed E-state index contributed by atoms with van der Waals surface area (Å²) in [6.45, 7) is 0. The lowest BCUT2D eigenvalue weighted by Crippen LogP contribution is -2.21. The van der Waals surface area contributed by atoms with Crippen LogP contribution in [0.5, 0.6) is 0 Å². The van der Waals surface area contributed by atoms with Crippen LogP contribution in [0.2, 0.25) is 0 Å². The summed E-state index contributed by atoms with van der Waals surface area (Å²) in [6, 6.07) is 39.7. The lowest BCUT2D eigenvalue weighted by atomic mass is 10.2. The molecule has 352 valence electrons. The maximum atomic E-state index is 13.2. The van der Waals surface area contributed by atoms with Gasteiger partial charge in [0.1, 0.15) is 31.6 Å². The highest BCUT2D eigenvalue weighted by molar-refractivity contribution is 8.04. The van der Waals surface area contributed by atoms with Crippen molar-refractivity contribution < 1.29 is 87.0 Å². The number of hydrogen-bond acceptors (Lipinski definition) is 9. The lowest BCUT2D eigenvalue weighted by Gasteiger charge is -2.20. The number of halogens is 12. The van der Waals surface area contributed by atoms with Crippen molar-refractivity contribution in [3.8, 4) is 0 Å². The Morgan fingerprint density at radius 2 is 0.712 bits per heavy atom. The Labute approximate surface area is 377 Å². The second-order valence-electron chi connectivity index (χ2n) is 12.9. The maximum Gasteiger partial charge on any atom is 0.485 e. The Morgan fingerprint density at radius 1 is 0.424 bits per heavy atom. The van der Waals surface area contributed by atoms with Crippen LogP contribution in [0, 0.1) is 0 Å². The first-order chi connectivity index (χ1) is 30.3. The van der Waals surface area contributed by atoms with Crippen LogP contribution in [0.4, 0.5) is 52.7 Å². The minimum absolute atomic E-state index is 0.152. The molecular formula is C40H24F12O8S6. The van der Waals surface area contributed by atoms with Gasteiger partial charge in [-0.15, -0.1) is 0 Å². The monoisotopic (exact) mass is 1050 g/mol. The van der Waals surface area contributed by atoms with E-state index in [1.807, 2.05) is 48.5 Å². The highest BCUT2D eigenvalue weighted by Gasteiger charge is 2.46. The summed E-state index contributed by atoms with van der Waals surface area (Å²) in [4.78, 5) is 6.87. The van der Waals surface area contributed by atoms with E-state index in [2.05, 4.69) is 0 Å². The van der Waals surface area contributed by atoms with E-state index < -0.39 is 86.4 Å². The van der Waals surface area contributed by atoms with Crippen LogP contribution >= 0.6 is 11.8 Å². The van der Waals surface area contributed by atoms with Gasteiger partial charge in [-0.2, -0.15) is 52.7 Å². The van der Waals surface area contributed by atoms with Crippen molar-refractivity contribution in [1.82, 2.24) is 0 Å². The summed E-state index contributed by atoms with van der Waals surface area (Å²) >= 11 is 1.68. The zero-order valence-electron chi connectivity index (χ0n) is 32.1. The fourth-order valence-electron chi connectivity index (χ4n) is 5.67. The molecule has 0 N–H and O–H groups in total. The fourth-order valence-corrected chi connectivity index (χ4v) is 14.2. The Kier molecular flexibility index (Phi) is 15.4. The molecule has 2 heterocycles. The van der Waals surface area contributed by atoms with Crippen molar-refractivity contribution in [2.24, 2.45) is 0 Å². The maximum absolute atomic E-state index is 13.2. The zero-order valence-corrected chi connectivity index (χ0v) is 37.0. The molecule has 0 amide bonds. The molecule has 0 unspecified atom stereocenters. The summed E-state index contributed by atoms with van der Waals surface area (Å²) in [6.07, 6.45) is -8.79. The van der Waals surface area contributed by atoms with Crippen LogP contribution in [0.15, 0.2) is 195 Å². The molecule has 0 aromatic heterocycles. The Balaban J connectivity index is 0.000000188. The van der Waals surface area contributed by atoms with Gasteiger partial charge in [-0.3, -0.25) is 0 Å². The highest BCUT2D eigenvalue weighted by atomic mass is 32.2. The number of fused-ring (bicyclic) bond motifs is 4. The van der Waals surface area contributed by atoms with E-state index in [4.69, 9.17) is 25.9 Å². The van der Waals surface area contributed by atoms with Gasteiger partial charge in [-0.05, 0) is 72.8 Å². The highest BCUT2D eigenvalue weighted by Crippen LogP contribution is 2.49. The molecule has 8 rings (SSSR count). The van der Waals surface area contributed by atoms with Crippen LogP contribution < -0.4 is 0 Å². The average Bonchev–Trinajstić information content (AvgIpc) is 3.22. The Hall–Kier alpha value is -4.70. The standard InChI is InChI=1S/C19H12F3O2S2.C19H12F3S2.2CHF3O3S/c20-19(21,22)13-6-5-7-14(12-13)25-15-8-1-3-10-17(15)26(23,24)18-11-4-2-9-16(18)25;20-19(21,22)13-6-5-7-14(12-13)24-17-10-3-1-8-15(17)23-16-9-2-4-11-18(16)24;2*2-1(3,4)8(5,6)7/h1-12H;1-12H;2*(H,5,6,7)/q2*+1;;/p-2. The van der Waals surface area contributed by atoms with Crippen molar-refractivity contribution in [2.45, 2.75) is 72.3 Å². The van der Waals surface area contributed by atoms with Gasteiger partial charge >= 0.3 is 23.4 Å². The van der Waals surface area contributed by atoms with E-state index >= 15 is 0 Å². The quantitative estimate of drug-likeness (QED) is 0.0714. The normalized spacial score (nSPS) is 14.8. The molecule has 6 aromatic rings. The van der Waals surface area contributed by atoms with Crippen molar-refractivity contribution in [1.29, 1.82) is 0 Å². The predicted molar refractivity (Wildman–Crippen MR) is 214 cm³/mol. The van der Waals surface area contributed by atoms with E-state index in [0.29, 0.717) is 19.6 Å². The first-order valence-electron chi connectivity index (χ1n) is 17.5. The predicted octanol–water partition coefficient (Wildman–Crippen LogP) is 11.3. The van der Waals surface area contributed by atoms with Gasteiger partial charge < -0.3 is 9.11 Å². The summed E-state index contributed by atoms with van der Waals surface area (Å²) in [7, 11) is -17.3. The van der Waals surface area contributed by atoms with Crippen LogP contribution in [0.25, 0.3) is 0 Å². The van der Waals surface area contributed by atoms with Gasteiger partial charge in [0.2, 0.25) is 9.84 Å². The van der Waals surface area contributed by atoms with Gasteiger partial charge in [-0.25, -0.2) is 25.3 Å². The van der Waals surface area contributed by atoms with Crippen LogP contribution in [0.1, 0.15) is 11.1 Å². The first-order valence-corrected chi connectivity index (χ1v) is 25.1. The third-order valence-electron chi connectivity index (χ3n) is 8.44. The second kappa shape index (κ2) is 19.5. The fraction of sp³-hybridized carbons (Fsp3) is 0.100. The van der Waals surface area contributed by atoms with Gasteiger partial charge in [0.05, 0.1) is 20.9 Å². The Morgan fingerprint density at radius 3 is 1.03 bits per heavy atom. The summed E-state index contributed by atoms with van der Waals surface area (Å²) in [5.41, 5.74) is -12.6. The molecule has 0 bridgehead atoms. The van der Waals surface area contributed by atoms with Gasteiger partial charge in [0, 0.05) is 12.1 Å². The summed E-state index contributed by atoms with van der Waals surface area (Å²) < 4.78 is 223. The van der Waals surface area contributed by atoms with Crippen molar-refractivity contribution in [2.75, 3.05) is 0 Å². The van der Waals surface area contributed by atoms with Gasteiger partial charge in [-0.1, -0.05) is 72.4 Å². The van der Waals surface area contributed by atoms with Crippen molar-refractivity contribution in [3.63, 3.8) is 0 Å². The van der Waals surface area contributed by atoms with Crippen LogP contribution in [-0.4, -0.2) is 45.4 Å². The molecule has 0 saturated carbocycles. The molecule has 6 aromatic carbocycles. The van der Waals surface area contributed by atoms with Gasteiger partial charge in [0.15, 0.2) is 49.6 Å². The minimum atomic E-state index is -6.09. The Bertz CT molecular complexity index is 2930. The molecule has 0 radical (unpaired) electrons. The third kappa shape index (κ3) is 12.1. The zero-order chi connectivity index (χ0) is 49.3. The van der Waals surface area contributed by atoms with E-state index in [0.717, 1.165) is 37.8 Å². The second-order valence-corrected chi connectivity index (χ2v) is 22.5. The first kappa shape index (κ1) is 52.3. The molecular weight excluding hydrogens is 1030 g/mol. The smallest absolute Gasteiger partial charge is 0.485 e. The molecule has 2 aliphatic rings. The van der Waals surface area contributed by atoms with Crippen LogP contribution in [-0.2, 0) is 64.2 Å². The number of alkyl halides is 12. The van der Waals surface area contributed by atoms with Crippen molar-refractivity contribution >= 4 is 63.6 Å². The molecule has 0 spiro atoms. The topological polar surface area (TPSA) is 149 Å². The molecule has 0 saturated heterocycles. The SMILES string of the molecule is FC(F)(F)c1cccc([S+]2c3ccccc3Sc3ccccc32)c1.O=S(=O)([O-])C(F)(F)F.O=S(=O)([O-])C(F)(F)F.O=S1(=O)c2ccccc2[S+](c2cccc(C(F)(F)F)c2)c2ccccc21.